The molecular weight excluding hydrogens is 350 g/mol. The lowest BCUT2D eigenvalue weighted by atomic mass is 9.73. The van der Waals surface area contributed by atoms with Crippen molar-refractivity contribution in [2.75, 3.05) is 19.1 Å². The smallest absolute Gasteiger partial charge is 0.153 e. The van der Waals surface area contributed by atoms with Gasteiger partial charge in [0, 0.05) is 11.5 Å². The molecule has 0 radical (unpaired) electrons. The third-order valence-corrected chi connectivity index (χ3v) is 5.54. The molecule has 1 aliphatic heterocycles. The van der Waals surface area contributed by atoms with Crippen LogP contribution in [0.4, 0.5) is 17.1 Å². The Balaban J connectivity index is 2.06. The SMILES string of the molecule is COc1cc(N2c3ccccc3C(C)(C)c3ccccc32)c(OC)cc1C=O. The molecule has 4 rings (SSSR count). The van der Waals surface area contributed by atoms with E-state index in [1.54, 1.807) is 20.3 Å². The van der Waals surface area contributed by atoms with Crippen LogP contribution < -0.4 is 14.4 Å². The van der Waals surface area contributed by atoms with Crippen molar-refractivity contribution < 1.29 is 14.3 Å². The Morgan fingerprint density at radius 3 is 1.82 bits per heavy atom. The number of carbonyl (C=O) groups is 1. The number of anilines is 3. The van der Waals surface area contributed by atoms with Gasteiger partial charge in [0.05, 0.1) is 36.8 Å². The molecule has 142 valence electrons. The maximum absolute atomic E-state index is 11.5. The lowest BCUT2D eigenvalue weighted by Crippen LogP contribution is -2.30. The van der Waals surface area contributed by atoms with Crippen molar-refractivity contribution in [2.45, 2.75) is 19.3 Å². The minimum atomic E-state index is -0.135. The van der Waals surface area contributed by atoms with E-state index in [1.165, 1.54) is 11.1 Å². The Kier molecular flexibility index (Phi) is 4.34. The number of methoxy groups -OCH3 is 2. The quantitative estimate of drug-likeness (QED) is 0.556. The molecule has 0 atom stereocenters. The van der Waals surface area contributed by atoms with Gasteiger partial charge in [-0.3, -0.25) is 4.79 Å². The number of hydrogen-bond donors (Lipinski definition) is 0. The Morgan fingerprint density at radius 2 is 1.32 bits per heavy atom. The highest BCUT2D eigenvalue weighted by molar-refractivity contribution is 5.91. The second kappa shape index (κ2) is 6.71. The summed E-state index contributed by atoms with van der Waals surface area (Å²) in [6.45, 7) is 4.49. The van der Waals surface area contributed by atoms with E-state index in [0.717, 1.165) is 23.3 Å². The van der Waals surface area contributed by atoms with Crippen LogP contribution in [0.25, 0.3) is 0 Å². The Morgan fingerprint density at radius 1 is 0.786 bits per heavy atom. The molecule has 0 aromatic heterocycles. The van der Waals surface area contributed by atoms with Gasteiger partial charge in [0.15, 0.2) is 6.29 Å². The number of fused-ring (bicyclic) bond motifs is 2. The molecule has 0 fully saturated rings. The number of hydrogen-bond acceptors (Lipinski definition) is 4. The van der Waals surface area contributed by atoms with Crippen molar-refractivity contribution in [3.63, 3.8) is 0 Å². The van der Waals surface area contributed by atoms with Crippen molar-refractivity contribution in [1.82, 2.24) is 0 Å². The first kappa shape index (κ1) is 18.1. The maximum atomic E-state index is 11.5. The van der Waals surface area contributed by atoms with E-state index >= 15 is 0 Å². The number of carbonyl (C=O) groups excluding carboxylic acids is 1. The molecule has 3 aromatic rings. The topological polar surface area (TPSA) is 38.8 Å². The van der Waals surface area contributed by atoms with Gasteiger partial charge >= 0.3 is 0 Å². The molecule has 1 heterocycles. The van der Waals surface area contributed by atoms with Gasteiger partial charge < -0.3 is 14.4 Å². The number of nitrogens with zero attached hydrogens (tertiary/aromatic N) is 1. The van der Waals surface area contributed by atoms with Crippen molar-refractivity contribution in [3.05, 3.63) is 77.4 Å². The van der Waals surface area contributed by atoms with Gasteiger partial charge in [0.1, 0.15) is 11.5 Å². The number of ether oxygens (including phenoxy) is 2. The van der Waals surface area contributed by atoms with Gasteiger partial charge in [-0.15, -0.1) is 0 Å². The summed E-state index contributed by atoms with van der Waals surface area (Å²) in [5, 5.41) is 0. The first-order chi connectivity index (χ1) is 13.5. The molecule has 0 saturated carbocycles. The molecule has 4 nitrogen and oxygen atoms in total. The summed E-state index contributed by atoms with van der Waals surface area (Å²) in [4.78, 5) is 13.7. The molecule has 0 aliphatic carbocycles. The zero-order valence-electron chi connectivity index (χ0n) is 16.5. The van der Waals surface area contributed by atoms with E-state index < -0.39 is 0 Å². The number of rotatable bonds is 4. The largest absolute Gasteiger partial charge is 0.496 e. The molecule has 0 bridgehead atoms. The van der Waals surface area contributed by atoms with Crippen LogP contribution in [0.5, 0.6) is 11.5 Å². The summed E-state index contributed by atoms with van der Waals surface area (Å²) >= 11 is 0. The Hall–Kier alpha value is -3.27. The second-order valence-electron chi connectivity index (χ2n) is 7.38. The summed E-state index contributed by atoms with van der Waals surface area (Å²) in [6.07, 6.45) is 0.784. The summed E-state index contributed by atoms with van der Waals surface area (Å²) in [6, 6.07) is 20.4. The van der Waals surface area contributed by atoms with Gasteiger partial charge in [-0.1, -0.05) is 50.2 Å². The van der Waals surface area contributed by atoms with Crippen molar-refractivity contribution in [3.8, 4) is 11.5 Å². The highest BCUT2D eigenvalue weighted by Crippen LogP contribution is 2.53. The summed E-state index contributed by atoms with van der Waals surface area (Å²) in [7, 11) is 3.19. The molecule has 0 unspecified atom stereocenters. The van der Waals surface area contributed by atoms with E-state index in [1.807, 2.05) is 18.2 Å². The standard InChI is InChI=1S/C24H23NO3/c1-24(2)17-9-5-7-11-19(17)25(20-12-8-6-10-18(20)24)21-14-22(27-3)16(15-26)13-23(21)28-4/h5-15H,1-4H3. The van der Waals surface area contributed by atoms with Gasteiger partial charge in [0.25, 0.3) is 0 Å². The zero-order valence-corrected chi connectivity index (χ0v) is 16.5. The fraction of sp³-hybridized carbons (Fsp3) is 0.208. The third-order valence-electron chi connectivity index (χ3n) is 5.54. The lowest BCUT2D eigenvalue weighted by Gasteiger charge is -2.42. The minimum Gasteiger partial charge on any atom is -0.496 e. The van der Waals surface area contributed by atoms with Crippen LogP contribution in [0.15, 0.2) is 60.7 Å². The first-order valence-corrected chi connectivity index (χ1v) is 9.23. The van der Waals surface area contributed by atoms with Gasteiger partial charge in [-0.05, 0) is 29.3 Å². The van der Waals surface area contributed by atoms with Crippen LogP contribution in [-0.4, -0.2) is 20.5 Å². The Labute approximate surface area is 165 Å². The van der Waals surface area contributed by atoms with Crippen molar-refractivity contribution >= 4 is 23.3 Å². The molecule has 1 aliphatic rings. The Bertz CT molecular complexity index is 1010. The predicted molar refractivity (Wildman–Crippen MR) is 112 cm³/mol. The van der Waals surface area contributed by atoms with E-state index in [-0.39, 0.29) is 5.41 Å². The van der Waals surface area contributed by atoms with Crippen LogP contribution in [0.2, 0.25) is 0 Å². The van der Waals surface area contributed by atoms with Gasteiger partial charge in [-0.25, -0.2) is 0 Å². The van der Waals surface area contributed by atoms with Crippen LogP contribution in [0.1, 0.15) is 35.3 Å². The highest BCUT2D eigenvalue weighted by Gasteiger charge is 2.37. The average Bonchev–Trinajstić information content (AvgIpc) is 2.73. The maximum Gasteiger partial charge on any atom is 0.153 e. The third kappa shape index (κ3) is 2.56. The summed E-state index contributed by atoms with van der Waals surface area (Å²) in [5.41, 5.74) is 5.80. The molecule has 0 saturated heterocycles. The van der Waals surface area contributed by atoms with Gasteiger partial charge in [0.2, 0.25) is 0 Å². The summed E-state index contributed by atoms with van der Waals surface area (Å²) in [5.74, 6) is 1.14. The number of para-hydroxylation sites is 2. The number of aldehydes is 1. The monoisotopic (exact) mass is 373 g/mol. The van der Waals surface area contributed by atoms with Crippen molar-refractivity contribution in [1.29, 1.82) is 0 Å². The normalized spacial score (nSPS) is 14.1. The lowest BCUT2D eigenvalue weighted by molar-refractivity contribution is 0.112. The van der Waals surface area contributed by atoms with E-state index in [2.05, 4.69) is 55.1 Å². The molecule has 3 aromatic carbocycles. The second-order valence-corrected chi connectivity index (χ2v) is 7.38. The minimum absolute atomic E-state index is 0.135. The van der Waals surface area contributed by atoms with Crippen LogP contribution in [0, 0.1) is 0 Å². The molecule has 28 heavy (non-hydrogen) atoms. The zero-order chi connectivity index (χ0) is 19.9. The van der Waals surface area contributed by atoms with Gasteiger partial charge in [-0.2, -0.15) is 0 Å². The van der Waals surface area contributed by atoms with E-state index in [9.17, 15) is 4.79 Å². The highest BCUT2D eigenvalue weighted by atomic mass is 16.5. The molecular formula is C24H23NO3. The molecule has 0 N–H and O–H groups in total. The van der Waals surface area contributed by atoms with E-state index in [4.69, 9.17) is 9.47 Å². The van der Waals surface area contributed by atoms with Crippen molar-refractivity contribution in [2.24, 2.45) is 0 Å². The predicted octanol–water partition coefficient (Wildman–Crippen LogP) is 5.63. The first-order valence-electron chi connectivity index (χ1n) is 9.23. The average molecular weight is 373 g/mol. The summed E-state index contributed by atoms with van der Waals surface area (Å²) < 4.78 is 11.1. The molecule has 0 amide bonds. The van der Waals surface area contributed by atoms with Crippen LogP contribution >= 0.6 is 0 Å². The fourth-order valence-electron chi connectivity index (χ4n) is 4.10. The van der Waals surface area contributed by atoms with E-state index in [0.29, 0.717) is 17.1 Å². The fourth-order valence-corrected chi connectivity index (χ4v) is 4.10. The van der Waals surface area contributed by atoms with Crippen LogP contribution in [-0.2, 0) is 5.41 Å². The number of benzene rings is 3. The van der Waals surface area contributed by atoms with Crippen LogP contribution in [0.3, 0.4) is 0 Å². The molecule has 0 spiro atoms. The molecule has 4 heteroatoms.